The Morgan fingerprint density at radius 3 is 2.44 bits per heavy atom. The molecule has 4 heteroatoms. The molecular formula is C14H18N2O2. The molecule has 0 aliphatic heterocycles. The molecule has 0 saturated heterocycles. The molecule has 0 bridgehead atoms. The molecule has 0 spiro atoms. The van der Waals surface area contributed by atoms with Crippen LogP contribution in [0.25, 0.3) is 0 Å². The summed E-state index contributed by atoms with van der Waals surface area (Å²) in [6.45, 7) is 2.36. The normalized spacial score (nSPS) is 14.1. The zero-order valence-corrected chi connectivity index (χ0v) is 10.5. The number of hydrogen-bond donors (Lipinski definition) is 2. The summed E-state index contributed by atoms with van der Waals surface area (Å²) in [4.78, 5) is 22.7. The molecule has 1 fully saturated rings. The minimum atomic E-state index is 0.0427. The molecule has 1 aliphatic rings. The Hall–Kier alpha value is -1.84. The third-order valence-corrected chi connectivity index (χ3v) is 2.98. The van der Waals surface area contributed by atoms with Gasteiger partial charge in [0.25, 0.3) is 0 Å². The number of carbonyl (C=O) groups is 2. The standard InChI is InChI=1S/C14H18N2O2/c1-2-13(17)15-9-10-3-7-12(8-4-10)16-14(18)11-5-6-11/h3-4,7-8,11H,2,5-6,9H2,1H3,(H,15,17)(H,16,18). The second-order valence-corrected chi connectivity index (χ2v) is 4.59. The van der Waals surface area contributed by atoms with Crippen LogP contribution in [0.3, 0.4) is 0 Å². The van der Waals surface area contributed by atoms with Crippen molar-refractivity contribution in [2.75, 3.05) is 5.32 Å². The topological polar surface area (TPSA) is 58.2 Å². The van der Waals surface area contributed by atoms with Gasteiger partial charge in [-0.1, -0.05) is 19.1 Å². The maximum Gasteiger partial charge on any atom is 0.227 e. The number of anilines is 1. The molecular weight excluding hydrogens is 228 g/mol. The second-order valence-electron chi connectivity index (χ2n) is 4.59. The van der Waals surface area contributed by atoms with E-state index in [-0.39, 0.29) is 17.7 Å². The Labute approximate surface area is 107 Å². The molecule has 0 unspecified atom stereocenters. The average Bonchev–Trinajstić information content (AvgIpc) is 3.21. The minimum Gasteiger partial charge on any atom is -0.352 e. The van der Waals surface area contributed by atoms with Gasteiger partial charge in [0.05, 0.1) is 0 Å². The summed E-state index contributed by atoms with van der Waals surface area (Å²) in [6.07, 6.45) is 2.51. The molecule has 1 saturated carbocycles. The van der Waals surface area contributed by atoms with Gasteiger partial charge in [-0.05, 0) is 30.5 Å². The first kappa shape index (κ1) is 12.6. The summed E-state index contributed by atoms with van der Waals surface area (Å²) >= 11 is 0. The predicted molar refractivity (Wildman–Crippen MR) is 69.9 cm³/mol. The molecule has 2 rings (SSSR count). The van der Waals surface area contributed by atoms with Crippen LogP contribution in [0, 0.1) is 5.92 Å². The fraction of sp³-hybridized carbons (Fsp3) is 0.429. The summed E-state index contributed by atoms with van der Waals surface area (Å²) in [6, 6.07) is 7.57. The molecule has 0 radical (unpaired) electrons. The van der Waals surface area contributed by atoms with Crippen LogP contribution in [0.4, 0.5) is 5.69 Å². The Balaban J connectivity index is 1.84. The maximum atomic E-state index is 11.5. The van der Waals surface area contributed by atoms with Gasteiger partial charge in [0, 0.05) is 24.6 Å². The van der Waals surface area contributed by atoms with E-state index in [1.165, 1.54) is 0 Å². The van der Waals surface area contributed by atoms with Crippen molar-refractivity contribution in [3.63, 3.8) is 0 Å². The van der Waals surface area contributed by atoms with Gasteiger partial charge in [-0.25, -0.2) is 0 Å². The van der Waals surface area contributed by atoms with Crippen LogP contribution >= 0.6 is 0 Å². The van der Waals surface area contributed by atoms with Gasteiger partial charge < -0.3 is 10.6 Å². The zero-order chi connectivity index (χ0) is 13.0. The van der Waals surface area contributed by atoms with Gasteiger partial charge in [0.1, 0.15) is 0 Å². The lowest BCUT2D eigenvalue weighted by molar-refractivity contribution is -0.121. The summed E-state index contributed by atoms with van der Waals surface area (Å²) < 4.78 is 0. The number of rotatable bonds is 5. The van der Waals surface area contributed by atoms with Crippen LogP contribution in [0.1, 0.15) is 31.7 Å². The largest absolute Gasteiger partial charge is 0.352 e. The molecule has 96 valence electrons. The van der Waals surface area contributed by atoms with E-state index in [9.17, 15) is 9.59 Å². The number of amides is 2. The number of carbonyl (C=O) groups excluding carboxylic acids is 2. The van der Waals surface area contributed by atoms with Gasteiger partial charge in [0.15, 0.2) is 0 Å². The van der Waals surface area contributed by atoms with E-state index in [2.05, 4.69) is 10.6 Å². The fourth-order valence-corrected chi connectivity index (χ4v) is 1.62. The third-order valence-electron chi connectivity index (χ3n) is 2.98. The van der Waals surface area contributed by atoms with E-state index < -0.39 is 0 Å². The van der Waals surface area contributed by atoms with Crippen molar-refractivity contribution in [1.82, 2.24) is 5.32 Å². The first-order chi connectivity index (χ1) is 8.69. The van der Waals surface area contributed by atoms with Gasteiger partial charge in [-0.15, -0.1) is 0 Å². The van der Waals surface area contributed by atoms with E-state index in [4.69, 9.17) is 0 Å². The van der Waals surface area contributed by atoms with E-state index in [0.29, 0.717) is 13.0 Å². The Bertz CT molecular complexity index is 436. The molecule has 18 heavy (non-hydrogen) atoms. The third kappa shape index (κ3) is 3.58. The minimum absolute atomic E-state index is 0.0427. The lowest BCUT2D eigenvalue weighted by Crippen LogP contribution is -2.21. The first-order valence-corrected chi connectivity index (χ1v) is 6.35. The lowest BCUT2D eigenvalue weighted by atomic mass is 10.2. The highest BCUT2D eigenvalue weighted by Crippen LogP contribution is 2.30. The van der Waals surface area contributed by atoms with Crippen molar-refractivity contribution in [2.24, 2.45) is 5.92 Å². The molecule has 0 heterocycles. The number of benzene rings is 1. The number of hydrogen-bond acceptors (Lipinski definition) is 2. The predicted octanol–water partition coefficient (Wildman–Crippen LogP) is 2.06. The molecule has 0 aromatic heterocycles. The van der Waals surface area contributed by atoms with Crippen molar-refractivity contribution >= 4 is 17.5 Å². The van der Waals surface area contributed by atoms with Crippen LogP contribution in [0.15, 0.2) is 24.3 Å². The van der Waals surface area contributed by atoms with E-state index >= 15 is 0 Å². The summed E-state index contributed by atoms with van der Waals surface area (Å²) in [5, 5.41) is 5.69. The summed E-state index contributed by atoms with van der Waals surface area (Å²) in [7, 11) is 0. The van der Waals surface area contributed by atoms with Crippen LogP contribution in [-0.2, 0) is 16.1 Å². The van der Waals surface area contributed by atoms with Gasteiger partial charge >= 0.3 is 0 Å². The van der Waals surface area contributed by atoms with Crippen molar-refractivity contribution in [3.05, 3.63) is 29.8 Å². The monoisotopic (exact) mass is 246 g/mol. The van der Waals surface area contributed by atoms with Gasteiger partial charge in [-0.3, -0.25) is 9.59 Å². The van der Waals surface area contributed by atoms with Crippen molar-refractivity contribution in [2.45, 2.75) is 32.7 Å². The molecule has 0 atom stereocenters. The van der Waals surface area contributed by atoms with Crippen LogP contribution in [-0.4, -0.2) is 11.8 Å². The van der Waals surface area contributed by atoms with Crippen molar-refractivity contribution in [1.29, 1.82) is 0 Å². The highest BCUT2D eigenvalue weighted by Gasteiger charge is 2.29. The number of nitrogens with one attached hydrogen (secondary N) is 2. The Kier molecular flexibility index (Phi) is 3.97. The van der Waals surface area contributed by atoms with E-state index in [1.54, 1.807) is 0 Å². The lowest BCUT2D eigenvalue weighted by Gasteiger charge is -2.07. The summed E-state index contributed by atoms with van der Waals surface area (Å²) in [5.41, 5.74) is 1.85. The SMILES string of the molecule is CCC(=O)NCc1ccc(NC(=O)C2CC2)cc1. The quantitative estimate of drug-likeness (QED) is 0.835. The van der Waals surface area contributed by atoms with Gasteiger partial charge in [0.2, 0.25) is 11.8 Å². The molecule has 4 nitrogen and oxygen atoms in total. The molecule has 1 aliphatic carbocycles. The Morgan fingerprint density at radius 1 is 1.22 bits per heavy atom. The second kappa shape index (κ2) is 5.67. The molecule has 1 aromatic carbocycles. The zero-order valence-electron chi connectivity index (χ0n) is 10.5. The highest BCUT2D eigenvalue weighted by atomic mass is 16.2. The van der Waals surface area contributed by atoms with Crippen molar-refractivity contribution in [3.8, 4) is 0 Å². The molecule has 2 amide bonds. The summed E-state index contributed by atoms with van der Waals surface area (Å²) in [5.74, 6) is 0.372. The van der Waals surface area contributed by atoms with Crippen LogP contribution in [0.5, 0.6) is 0 Å². The highest BCUT2D eigenvalue weighted by molar-refractivity contribution is 5.94. The van der Waals surface area contributed by atoms with Crippen molar-refractivity contribution < 1.29 is 9.59 Å². The maximum absolute atomic E-state index is 11.5. The Morgan fingerprint density at radius 2 is 1.89 bits per heavy atom. The van der Waals surface area contributed by atoms with Crippen LogP contribution in [0.2, 0.25) is 0 Å². The molecule has 2 N–H and O–H groups in total. The molecule has 1 aromatic rings. The van der Waals surface area contributed by atoms with Gasteiger partial charge in [-0.2, -0.15) is 0 Å². The first-order valence-electron chi connectivity index (χ1n) is 6.35. The smallest absolute Gasteiger partial charge is 0.227 e. The van der Waals surface area contributed by atoms with E-state index in [0.717, 1.165) is 24.1 Å². The van der Waals surface area contributed by atoms with Crippen LogP contribution < -0.4 is 10.6 Å². The fourth-order valence-electron chi connectivity index (χ4n) is 1.62. The average molecular weight is 246 g/mol. The van der Waals surface area contributed by atoms with E-state index in [1.807, 2.05) is 31.2 Å².